The van der Waals surface area contributed by atoms with Gasteiger partial charge in [0.15, 0.2) is 0 Å². The van der Waals surface area contributed by atoms with Gasteiger partial charge in [0.2, 0.25) is 0 Å². The van der Waals surface area contributed by atoms with Crippen LogP contribution in [-0.4, -0.2) is 9.19 Å². The second kappa shape index (κ2) is 5.69. The lowest BCUT2D eigenvalue weighted by Crippen LogP contribution is -2.02. The van der Waals surface area contributed by atoms with Crippen molar-refractivity contribution in [1.82, 2.24) is 4.98 Å². The first kappa shape index (κ1) is 13.3. The molecule has 94 valence electrons. The van der Waals surface area contributed by atoms with Crippen LogP contribution in [0.25, 0.3) is 0 Å². The summed E-state index contributed by atoms with van der Waals surface area (Å²) in [5.74, 6) is 0.229. The molecule has 0 spiro atoms. The van der Waals surface area contributed by atoms with Gasteiger partial charge in [-0.2, -0.15) is 0 Å². The van der Waals surface area contributed by atoms with Gasteiger partial charge in [0.1, 0.15) is 0 Å². The molecule has 18 heavy (non-hydrogen) atoms. The second-order valence-electron chi connectivity index (χ2n) is 3.60. The molecule has 1 aromatic carbocycles. The van der Waals surface area contributed by atoms with Crippen LogP contribution < -0.4 is 5.73 Å². The van der Waals surface area contributed by atoms with Gasteiger partial charge in [-0.1, -0.05) is 29.3 Å². The molecule has 0 radical (unpaired) electrons. The van der Waals surface area contributed by atoms with Gasteiger partial charge >= 0.3 is 0 Å². The molecule has 2 aromatic rings. The van der Waals surface area contributed by atoms with Gasteiger partial charge in [-0.3, -0.25) is 9.19 Å². The summed E-state index contributed by atoms with van der Waals surface area (Å²) in [6.07, 6.45) is 3.03. The first-order chi connectivity index (χ1) is 8.59. The number of nitrogen functional groups attached to an aromatic ring is 1. The van der Waals surface area contributed by atoms with Crippen LogP contribution in [0.4, 0.5) is 5.69 Å². The van der Waals surface area contributed by atoms with Crippen LogP contribution in [0.15, 0.2) is 41.6 Å². The Morgan fingerprint density at radius 1 is 1.22 bits per heavy atom. The summed E-state index contributed by atoms with van der Waals surface area (Å²) in [7, 11) is -1.30. The number of hydrogen-bond donors (Lipinski definition) is 1. The lowest BCUT2D eigenvalue weighted by atomic mass is 10.2. The monoisotopic (exact) mass is 300 g/mol. The van der Waals surface area contributed by atoms with Crippen LogP contribution in [-0.2, 0) is 16.6 Å². The molecule has 3 nitrogen and oxygen atoms in total. The first-order valence-electron chi connectivity index (χ1n) is 5.10. The van der Waals surface area contributed by atoms with Crippen LogP contribution in [0.2, 0.25) is 10.0 Å². The SMILES string of the molecule is Nc1cnccc1S(=O)Cc1c(Cl)cccc1Cl. The summed E-state index contributed by atoms with van der Waals surface area (Å²) in [5, 5.41) is 1.01. The van der Waals surface area contributed by atoms with Gasteiger partial charge in [-0.25, -0.2) is 0 Å². The number of benzene rings is 1. The molecule has 1 atom stereocenters. The van der Waals surface area contributed by atoms with Crippen molar-refractivity contribution in [3.8, 4) is 0 Å². The molecule has 6 heteroatoms. The quantitative estimate of drug-likeness (QED) is 0.946. The van der Waals surface area contributed by atoms with Gasteiger partial charge in [0.05, 0.1) is 33.3 Å². The van der Waals surface area contributed by atoms with Crippen molar-refractivity contribution in [3.05, 3.63) is 52.3 Å². The number of anilines is 1. The number of nitrogens with two attached hydrogens (primary N) is 1. The highest BCUT2D eigenvalue weighted by Crippen LogP contribution is 2.27. The van der Waals surface area contributed by atoms with Crippen LogP contribution in [0, 0.1) is 0 Å². The van der Waals surface area contributed by atoms with Crippen LogP contribution in [0.1, 0.15) is 5.56 Å². The van der Waals surface area contributed by atoms with Gasteiger partial charge in [-0.15, -0.1) is 0 Å². The summed E-state index contributed by atoms with van der Waals surface area (Å²) in [5.41, 5.74) is 6.79. The number of aromatic nitrogens is 1. The zero-order valence-corrected chi connectivity index (χ0v) is 11.6. The standard InChI is InChI=1S/C12H10Cl2N2OS/c13-9-2-1-3-10(14)8(9)7-18(17)12-4-5-16-6-11(12)15/h1-6H,7,15H2. The Hall–Kier alpha value is -1.10. The molecular formula is C12H10Cl2N2OS. The highest BCUT2D eigenvalue weighted by molar-refractivity contribution is 7.84. The maximum Gasteiger partial charge on any atom is 0.0664 e. The Kier molecular flexibility index (Phi) is 4.22. The van der Waals surface area contributed by atoms with Gasteiger partial charge in [0, 0.05) is 21.8 Å². The van der Waals surface area contributed by atoms with Crippen molar-refractivity contribution in [1.29, 1.82) is 0 Å². The second-order valence-corrected chi connectivity index (χ2v) is 5.84. The Bertz CT molecular complexity index is 584. The van der Waals surface area contributed by atoms with E-state index >= 15 is 0 Å². The zero-order valence-electron chi connectivity index (χ0n) is 9.27. The van der Waals surface area contributed by atoms with Crippen molar-refractivity contribution in [3.63, 3.8) is 0 Å². The fourth-order valence-corrected chi connectivity index (χ4v) is 3.43. The molecule has 0 aliphatic carbocycles. The van der Waals surface area contributed by atoms with Crippen molar-refractivity contribution in [2.75, 3.05) is 5.73 Å². The fourth-order valence-electron chi connectivity index (χ4n) is 1.48. The molecule has 0 amide bonds. The molecular weight excluding hydrogens is 291 g/mol. The van der Waals surface area contributed by atoms with Gasteiger partial charge < -0.3 is 5.73 Å². The summed E-state index contributed by atoms with van der Waals surface area (Å²) in [4.78, 5) is 4.40. The normalized spacial score (nSPS) is 12.3. The largest absolute Gasteiger partial charge is 0.396 e. The predicted molar refractivity (Wildman–Crippen MR) is 75.2 cm³/mol. The molecule has 0 saturated heterocycles. The smallest absolute Gasteiger partial charge is 0.0664 e. The van der Waals surface area contributed by atoms with E-state index in [4.69, 9.17) is 28.9 Å². The Morgan fingerprint density at radius 2 is 1.89 bits per heavy atom. The lowest BCUT2D eigenvalue weighted by Gasteiger charge is -2.08. The Labute approximate surface area is 117 Å². The third kappa shape index (κ3) is 2.83. The Balaban J connectivity index is 2.30. The maximum atomic E-state index is 12.2. The number of nitrogens with zero attached hydrogens (tertiary/aromatic N) is 1. The minimum Gasteiger partial charge on any atom is -0.396 e. The highest BCUT2D eigenvalue weighted by Gasteiger charge is 2.13. The third-order valence-electron chi connectivity index (χ3n) is 2.39. The van der Waals surface area contributed by atoms with Crippen LogP contribution in [0.3, 0.4) is 0 Å². The molecule has 1 unspecified atom stereocenters. The number of rotatable bonds is 3. The molecule has 0 saturated carbocycles. The molecule has 0 aliphatic rings. The highest BCUT2D eigenvalue weighted by atomic mass is 35.5. The maximum absolute atomic E-state index is 12.2. The molecule has 0 bridgehead atoms. The van der Waals surface area contributed by atoms with E-state index in [1.54, 1.807) is 30.5 Å². The van der Waals surface area contributed by atoms with E-state index in [2.05, 4.69) is 4.98 Å². The lowest BCUT2D eigenvalue weighted by molar-refractivity contribution is 0.683. The van der Waals surface area contributed by atoms with Crippen LogP contribution >= 0.6 is 23.2 Å². The van der Waals surface area contributed by atoms with E-state index in [0.717, 1.165) is 0 Å². The van der Waals surface area contributed by atoms with Crippen molar-refractivity contribution in [2.24, 2.45) is 0 Å². The van der Waals surface area contributed by atoms with Crippen molar-refractivity contribution in [2.45, 2.75) is 10.6 Å². The molecule has 2 N–H and O–H groups in total. The van der Waals surface area contributed by atoms with E-state index < -0.39 is 10.8 Å². The van der Waals surface area contributed by atoms with E-state index in [1.165, 1.54) is 6.20 Å². The fraction of sp³-hybridized carbons (Fsp3) is 0.0833. The Morgan fingerprint density at radius 3 is 2.50 bits per heavy atom. The summed E-state index contributed by atoms with van der Waals surface area (Å²) in [6, 6.07) is 6.82. The van der Waals surface area contributed by atoms with E-state index in [9.17, 15) is 4.21 Å². The average Bonchev–Trinajstić information content (AvgIpc) is 2.34. The molecule has 0 fully saturated rings. The minimum absolute atomic E-state index is 0.229. The summed E-state index contributed by atoms with van der Waals surface area (Å²) >= 11 is 12.1. The molecule has 2 rings (SSSR count). The van der Waals surface area contributed by atoms with E-state index in [1.807, 2.05) is 0 Å². The number of pyridine rings is 1. The third-order valence-corrected chi connectivity index (χ3v) is 4.51. The first-order valence-corrected chi connectivity index (χ1v) is 7.18. The minimum atomic E-state index is -1.30. The van der Waals surface area contributed by atoms with Gasteiger partial charge in [0.25, 0.3) is 0 Å². The molecule has 1 aromatic heterocycles. The van der Waals surface area contributed by atoms with Gasteiger partial charge in [-0.05, 0) is 18.2 Å². The zero-order chi connectivity index (χ0) is 13.1. The van der Waals surface area contributed by atoms with Crippen LogP contribution in [0.5, 0.6) is 0 Å². The summed E-state index contributed by atoms with van der Waals surface area (Å²) in [6.45, 7) is 0. The van der Waals surface area contributed by atoms with Crippen molar-refractivity contribution >= 4 is 39.7 Å². The number of halogens is 2. The average molecular weight is 301 g/mol. The van der Waals surface area contributed by atoms with Crippen molar-refractivity contribution < 1.29 is 4.21 Å². The molecule has 0 aliphatic heterocycles. The van der Waals surface area contributed by atoms with E-state index in [0.29, 0.717) is 26.2 Å². The molecule has 1 heterocycles. The topological polar surface area (TPSA) is 56.0 Å². The number of hydrogen-bond acceptors (Lipinski definition) is 3. The van der Waals surface area contributed by atoms with E-state index in [-0.39, 0.29) is 5.75 Å². The predicted octanol–water partition coefficient (Wildman–Crippen LogP) is 3.28. The summed E-state index contributed by atoms with van der Waals surface area (Å²) < 4.78 is 12.2.